The van der Waals surface area contributed by atoms with E-state index in [0.29, 0.717) is 33.8 Å². The molecular weight excluding hydrogens is 466 g/mol. The summed E-state index contributed by atoms with van der Waals surface area (Å²) in [6, 6.07) is 13.2. The molecule has 1 aliphatic rings. The zero-order valence-corrected chi connectivity index (χ0v) is 20.2. The van der Waals surface area contributed by atoms with Crippen LogP contribution >= 0.6 is 11.3 Å². The van der Waals surface area contributed by atoms with Crippen molar-refractivity contribution in [2.45, 2.75) is 45.6 Å². The number of ether oxygens (including phenoxy) is 1. The molecule has 0 amide bonds. The molecule has 0 saturated heterocycles. The molecule has 0 radical (unpaired) electrons. The number of thiophene rings is 1. The fourth-order valence-corrected chi connectivity index (χ4v) is 6.09. The molecule has 0 spiro atoms. The SMILES string of the molecule is CCOc1ccc(-n2c(=O)c3c4c(sc3n(Cc3cccc([N+](=O)[O-])c3)c2=O)CCCCC4)cc1. The molecule has 1 aliphatic carbocycles. The van der Waals surface area contributed by atoms with Gasteiger partial charge in [0, 0.05) is 17.0 Å². The highest BCUT2D eigenvalue weighted by molar-refractivity contribution is 7.18. The Hall–Kier alpha value is -3.72. The van der Waals surface area contributed by atoms with Gasteiger partial charge < -0.3 is 4.74 Å². The highest BCUT2D eigenvalue weighted by Crippen LogP contribution is 2.34. The number of nitro benzene ring substituents is 1. The standard InChI is InChI=1S/C26H25N3O5S/c1-2-34-20-13-11-18(12-14-20)28-24(30)23-21-9-4-3-5-10-22(21)35-25(23)27(26(28)31)16-17-7-6-8-19(15-17)29(32)33/h6-8,11-15H,2-5,9-10,16H2,1H3. The first-order valence-electron chi connectivity index (χ1n) is 11.7. The average molecular weight is 492 g/mol. The first kappa shape index (κ1) is 23.0. The van der Waals surface area contributed by atoms with E-state index in [2.05, 4.69) is 0 Å². The van der Waals surface area contributed by atoms with Crippen LogP contribution in [0.15, 0.2) is 58.1 Å². The van der Waals surface area contributed by atoms with Gasteiger partial charge in [0.2, 0.25) is 0 Å². The minimum absolute atomic E-state index is 0.0337. The molecule has 0 aliphatic heterocycles. The number of aromatic nitrogens is 2. The fourth-order valence-electron chi connectivity index (χ4n) is 4.72. The third-order valence-electron chi connectivity index (χ3n) is 6.36. The van der Waals surface area contributed by atoms with E-state index in [1.54, 1.807) is 41.0 Å². The van der Waals surface area contributed by atoms with Gasteiger partial charge in [-0.25, -0.2) is 9.36 Å². The summed E-state index contributed by atoms with van der Waals surface area (Å²) in [5.74, 6) is 0.659. The molecule has 4 aromatic rings. The van der Waals surface area contributed by atoms with Gasteiger partial charge in [-0.15, -0.1) is 11.3 Å². The summed E-state index contributed by atoms with van der Waals surface area (Å²) in [7, 11) is 0. The van der Waals surface area contributed by atoms with Crippen LogP contribution in [0.1, 0.15) is 42.2 Å². The Labute approximate surface area is 205 Å². The second-order valence-corrected chi connectivity index (χ2v) is 9.69. The maximum Gasteiger partial charge on any atom is 0.337 e. The molecule has 0 unspecified atom stereocenters. The molecule has 5 rings (SSSR count). The van der Waals surface area contributed by atoms with Gasteiger partial charge in [-0.1, -0.05) is 18.6 Å². The van der Waals surface area contributed by atoms with Gasteiger partial charge in [-0.3, -0.25) is 19.5 Å². The van der Waals surface area contributed by atoms with E-state index in [-0.39, 0.29) is 17.8 Å². The summed E-state index contributed by atoms with van der Waals surface area (Å²) in [6.07, 6.45) is 4.88. The maximum atomic E-state index is 13.8. The number of hydrogen-bond donors (Lipinski definition) is 0. The fraction of sp³-hybridized carbons (Fsp3) is 0.308. The van der Waals surface area contributed by atoms with Crippen LogP contribution < -0.4 is 16.0 Å². The quantitative estimate of drug-likeness (QED) is 0.218. The van der Waals surface area contributed by atoms with E-state index in [4.69, 9.17) is 4.74 Å². The zero-order chi connectivity index (χ0) is 24.5. The van der Waals surface area contributed by atoms with Crippen LogP contribution in [-0.4, -0.2) is 20.7 Å². The molecule has 0 N–H and O–H groups in total. The molecule has 0 bridgehead atoms. The number of non-ortho nitro benzene ring substituents is 1. The van der Waals surface area contributed by atoms with Crippen LogP contribution in [0.4, 0.5) is 5.69 Å². The number of fused-ring (bicyclic) bond motifs is 3. The van der Waals surface area contributed by atoms with Crippen molar-refractivity contribution in [1.29, 1.82) is 0 Å². The smallest absolute Gasteiger partial charge is 0.337 e. The summed E-state index contributed by atoms with van der Waals surface area (Å²) < 4.78 is 8.32. The summed E-state index contributed by atoms with van der Waals surface area (Å²) in [4.78, 5) is 40.2. The minimum atomic E-state index is -0.463. The van der Waals surface area contributed by atoms with E-state index in [1.165, 1.54) is 28.0 Å². The Morgan fingerprint density at radius 1 is 1.06 bits per heavy atom. The number of nitro groups is 1. The van der Waals surface area contributed by atoms with Crippen molar-refractivity contribution in [3.8, 4) is 11.4 Å². The lowest BCUT2D eigenvalue weighted by atomic mass is 10.1. The summed E-state index contributed by atoms with van der Waals surface area (Å²) in [6.45, 7) is 2.54. The molecule has 8 nitrogen and oxygen atoms in total. The van der Waals surface area contributed by atoms with Gasteiger partial charge in [0.15, 0.2) is 0 Å². The van der Waals surface area contributed by atoms with Crippen molar-refractivity contribution in [2.75, 3.05) is 6.61 Å². The third-order valence-corrected chi connectivity index (χ3v) is 7.67. The van der Waals surface area contributed by atoms with Crippen molar-refractivity contribution < 1.29 is 9.66 Å². The molecule has 2 aromatic carbocycles. The van der Waals surface area contributed by atoms with Gasteiger partial charge >= 0.3 is 5.69 Å². The Morgan fingerprint density at radius 2 is 1.83 bits per heavy atom. The molecule has 0 saturated carbocycles. The second-order valence-electron chi connectivity index (χ2n) is 8.61. The molecule has 35 heavy (non-hydrogen) atoms. The molecule has 2 aromatic heterocycles. The summed E-state index contributed by atoms with van der Waals surface area (Å²) in [5.41, 5.74) is 1.32. The average Bonchev–Trinajstić information content (AvgIpc) is 3.06. The highest BCUT2D eigenvalue weighted by Gasteiger charge is 2.24. The Balaban J connectivity index is 1.75. The third kappa shape index (κ3) is 4.27. The van der Waals surface area contributed by atoms with Crippen molar-refractivity contribution >= 4 is 27.2 Å². The predicted octanol–water partition coefficient (Wildman–Crippen LogP) is 4.84. The number of nitrogens with zero attached hydrogens (tertiary/aromatic N) is 3. The molecular formula is C26H25N3O5S. The Kier molecular flexibility index (Phi) is 6.25. The van der Waals surface area contributed by atoms with Crippen molar-refractivity contribution in [2.24, 2.45) is 0 Å². The summed E-state index contributed by atoms with van der Waals surface area (Å²) >= 11 is 1.51. The van der Waals surface area contributed by atoms with E-state index in [0.717, 1.165) is 42.5 Å². The van der Waals surface area contributed by atoms with E-state index in [9.17, 15) is 19.7 Å². The molecule has 9 heteroatoms. The van der Waals surface area contributed by atoms with E-state index >= 15 is 0 Å². The van der Waals surface area contributed by atoms with Gasteiger partial charge in [-0.2, -0.15) is 0 Å². The van der Waals surface area contributed by atoms with Crippen LogP contribution in [0, 0.1) is 10.1 Å². The lowest BCUT2D eigenvalue weighted by molar-refractivity contribution is -0.384. The second kappa shape index (κ2) is 9.50. The largest absolute Gasteiger partial charge is 0.494 e. The lowest BCUT2D eigenvalue weighted by Crippen LogP contribution is -2.39. The zero-order valence-electron chi connectivity index (χ0n) is 19.4. The van der Waals surface area contributed by atoms with Crippen LogP contribution in [0.2, 0.25) is 0 Å². The van der Waals surface area contributed by atoms with Crippen molar-refractivity contribution in [3.63, 3.8) is 0 Å². The number of benzene rings is 2. The lowest BCUT2D eigenvalue weighted by Gasteiger charge is -2.13. The first-order chi connectivity index (χ1) is 17.0. The normalized spacial score (nSPS) is 13.4. The molecule has 0 fully saturated rings. The Morgan fingerprint density at radius 3 is 2.57 bits per heavy atom. The van der Waals surface area contributed by atoms with Crippen LogP contribution in [0.3, 0.4) is 0 Å². The van der Waals surface area contributed by atoms with Crippen LogP contribution in [0.25, 0.3) is 15.9 Å². The maximum absolute atomic E-state index is 13.8. The monoisotopic (exact) mass is 491 g/mol. The number of hydrogen-bond acceptors (Lipinski definition) is 6. The number of rotatable bonds is 6. The van der Waals surface area contributed by atoms with Gasteiger partial charge in [0.25, 0.3) is 11.2 Å². The van der Waals surface area contributed by atoms with Gasteiger partial charge in [0.1, 0.15) is 10.6 Å². The highest BCUT2D eigenvalue weighted by atomic mass is 32.1. The van der Waals surface area contributed by atoms with Crippen molar-refractivity contribution in [1.82, 2.24) is 9.13 Å². The molecule has 0 atom stereocenters. The topological polar surface area (TPSA) is 96.4 Å². The van der Waals surface area contributed by atoms with E-state index < -0.39 is 10.6 Å². The van der Waals surface area contributed by atoms with Crippen LogP contribution in [-0.2, 0) is 19.4 Å². The van der Waals surface area contributed by atoms with E-state index in [1.807, 2.05) is 6.92 Å². The summed E-state index contributed by atoms with van der Waals surface area (Å²) in [5, 5.41) is 11.9. The minimum Gasteiger partial charge on any atom is -0.494 e. The van der Waals surface area contributed by atoms with Gasteiger partial charge in [0.05, 0.1) is 29.1 Å². The van der Waals surface area contributed by atoms with Gasteiger partial charge in [-0.05, 0) is 68.0 Å². The van der Waals surface area contributed by atoms with Crippen molar-refractivity contribution in [3.05, 3.63) is 95.5 Å². The molecule has 2 heterocycles. The predicted molar refractivity (Wildman–Crippen MR) is 136 cm³/mol. The Bertz CT molecular complexity index is 1530. The van der Waals surface area contributed by atoms with Crippen LogP contribution in [0.5, 0.6) is 5.75 Å². The number of aryl methyl sites for hydroxylation is 2. The molecule has 180 valence electrons. The first-order valence-corrected chi connectivity index (χ1v) is 12.6.